The van der Waals surface area contributed by atoms with Gasteiger partial charge in [0, 0.05) is 17.5 Å². The van der Waals surface area contributed by atoms with Crippen molar-refractivity contribution in [1.29, 1.82) is 0 Å². The Labute approximate surface area is 112 Å². The van der Waals surface area contributed by atoms with Gasteiger partial charge in [0.1, 0.15) is 5.58 Å². The molecule has 0 aliphatic heterocycles. The number of amides is 1. The third-order valence-electron chi connectivity index (χ3n) is 2.35. The minimum atomic E-state index is -0.429. The van der Waals surface area contributed by atoms with E-state index < -0.39 is 5.54 Å². The third kappa shape index (κ3) is 3.48. The number of carbonyl (C=O) groups excluding carboxylic acids is 1. The predicted molar refractivity (Wildman–Crippen MR) is 74.1 cm³/mol. The summed E-state index contributed by atoms with van der Waals surface area (Å²) in [4.78, 5) is 11.8. The molecule has 1 heterocycles. The van der Waals surface area contributed by atoms with Crippen molar-refractivity contribution in [2.75, 3.05) is 6.54 Å². The average molecular weight is 269 g/mol. The number of hydrogen-bond acceptors (Lipinski definition) is 3. The monoisotopic (exact) mass is 268 g/mol. The van der Waals surface area contributed by atoms with Gasteiger partial charge in [-0.1, -0.05) is 18.2 Å². The second-order valence-electron chi connectivity index (χ2n) is 4.82. The van der Waals surface area contributed by atoms with Crippen LogP contribution >= 0.6 is 12.4 Å². The van der Waals surface area contributed by atoms with E-state index in [4.69, 9.17) is 10.2 Å². The molecule has 0 radical (unpaired) electrons. The summed E-state index contributed by atoms with van der Waals surface area (Å²) in [5.74, 6) is 0.0789. The summed E-state index contributed by atoms with van der Waals surface area (Å²) in [5.41, 5.74) is 6.08. The number of rotatable bonds is 3. The van der Waals surface area contributed by atoms with Crippen molar-refractivity contribution in [3.63, 3.8) is 0 Å². The van der Waals surface area contributed by atoms with Crippen molar-refractivity contribution >= 4 is 29.3 Å². The molecular weight excluding hydrogens is 252 g/mol. The Kier molecular flexibility index (Phi) is 4.38. The molecule has 0 saturated heterocycles. The topological polar surface area (TPSA) is 68.3 Å². The number of nitrogens with one attached hydrogen (secondary N) is 1. The van der Waals surface area contributed by atoms with E-state index in [-0.39, 0.29) is 18.3 Å². The van der Waals surface area contributed by atoms with Gasteiger partial charge in [0.2, 0.25) is 0 Å². The van der Waals surface area contributed by atoms with Gasteiger partial charge in [-0.2, -0.15) is 0 Å². The lowest BCUT2D eigenvalue weighted by molar-refractivity contribution is 0.0920. The molecular formula is C13H17ClN2O2. The molecule has 5 heteroatoms. The molecule has 1 amide bonds. The fourth-order valence-corrected chi connectivity index (χ4v) is 1.49. The zero-order valence-corrected chi connectivity index (χ0v) is 11.2. The van der Waals surface area contributed by atoms with Gasteiger partial charge in [-0.3, -0.25) is 4.79 Å². The smallest absolute Gasteiger partial charge is 0.287 e. The molecule has 2 aromatic rings. The van der Waals surface area contributed by atoms with Crippen molar-refractivity contribution in [1.82, 2.24) is 5.32 Å². The molecule has 98 valence electrons. The van der Waals surface area contributed by atoms with E-state index in [1.807, 2.05) is 38.1 Å². The maximum atomic E-state index is 11.8. The highest BCUT2D eigenvalue weighted by Gasteiger charge is 2.16. The Balaban J connectivity index is 0.00000162. The summed E-state index contributed by atoms with van der Waals surface area (Å²) in [6.07, 6.45) is 0. The fourth-order valence-electron chi connectivity index (χ4n) is 1.49. The van der Waals surface area contributed by atoms with E-state index in [9.17, 15) is 4.79 Å². The van der Waals surface area contributed by atoms with Gasteiger partial charge in [-0.05, 0) is 26.0 Å². The standard InChI is InChI=1S/C13H16N2O2.ClH/c1-13(2,14)8-15-12(16)11-7-9-5-3-4-6-10(9)17-11;/h3-7H,8,14H2,1-2H3,(H,15,16);1H. The van der Waals surface area contributed by atoms with Crippen molar-refractivity contribution in [2.24, 2.45) is 5.73 Å². The SMILES string of the molecule is CC(C)(N)CNC(=O)c1cc2ccccc2o1.Cl. The van der Waals surface area contributed by atoms with Crippen LogP contribution in [0, 0.1) is 0 Å². The van der Waals surface area contributed by atoms with Crippen molar-refractivity contribution in [2.45, 2.75) is 19.4 Å². The van der Waals surface area contributed by atoms with Gasteiger partial charge in [0.25, 0.3) is 5.91 Å². The second-order valence-corrected chi connectivity index (χ2v) is 4.82. The summed E-state index contributed by atoms with van der Waals surface area (Å²) in [6.45, 7) is 4.11. The van der Waals surface area contributed by atoms with Gasteiger partial charge >= 0.3 is 0 Å². The minimum Gasteiger partial charge on any atom is -0.451 e. The molecule has 2 rings (SSSR count). The second kappa shape index (κ2) is 5.42. The fraction of sp³-hybridized carbons (Fsp3) is 0.308. The zero-order valence-electron chi connectivity index (χ0n) is 10.4. The number of nitrogens with two attached hydrogens (primary N) is 1. The number of fused-ring (bicyclic) bond motifs is 1. The van der Waals surface area contributed by atoms with Crippen LogP contribution in [-0.4, -0.2) is 18.0 Å². The summed E-state index contributed by atoms with van der Waals surface area (Å²) in [7, 11) is 0. The normalized spacial score (nSPS) is 11.1. The minimum absolute atomic E-state index is 0. The molecule has 18 heavy (non-hydrogen) atoms. The lowest BCUT2D eigenvalue weighted by Gasteiger charge is -2.18. The maximum absolute atomic E-state index is 11.8. The Morgan fingerprint density at radius 3 is 2.67 bits per heavy atom. The predicted octanol–water partition coefficient (Wildman–Crippen LogP) is 2.32. The number of halogens is 1. The van der Waals surface area contributed by atoms with E-state index in [0.29, 0.717) is 17.9 Å². The Morgan fingerprint density at radius 1 is 1.39 bits per heavy atom. The van der Waals surface area contributed by atoms with Crippen molar-refractivity contribution in [3.8, 4) is 0 Å². The summed E-state index contributed by atoms with van der Waals surface area (Å²) in [5, 5.41) is 3.66. The summed E-state index contributed by atoms with van der Waals surface area (Å²) < 4.78 is 5.44. The quantitative estimate of drug-likeness (QED) is 0.898. The molecule has 0 bridgehead atoms. The first-order valence-electron chi connectivity index (χ1n) is 5.51. The van der Waals surface area contributed by atoms with Crippen LogP contribution < -0.4 is 11.1 Å². The van der Waals surface area contributed by atoms with Gasteiger partial charge in [-0.15, -0.1) is 12.4 Å². The van der Waals surface area contributed by atoms with E-state index in [2.05, 4.69) is 5.32 Å². The van der Waals surface area contributed by atoms with Crippen LogP contribution in [0.25, 0.3) is 11.0 Å². The molecule has 0 atom stereocenters. The molecule has 0 aliphatic rings. The molecule has 1 aromatic heterocycles. The molecule has 3 N–H and O–H groups in total. The number of carbonyl (C=O) groups is 1. The van der Waals surface area contributed by atoms with Crippen molar-refractivity contribution < 1.29 is 9.21 Å². The van der Waals surface area contributed by atoms with E-state index in [1.54, 1.807) is 6.07 Å². The Morgan fingerprint density at radius 2 is 2.06 bits per heavy atom. The first kappa shape index (κ1) is 14.5. The van der Waals surface area contributed by atoms with Gasteiger partial charge in [0.15, 0.2) is 5.76 Å². The number of para-hydroxylation sites is 1. The first-order valence-corrected chi connectivity index (χ1v) is 5.51. The molecule has 4 nitrogen and oxygen atoms in total. The van der Waals surface area contributed by atoms with Crippen LogP contribution in [0.4, 0.5) is 0 Å². The molecule has 0 aliphatic carbocycles. The maximum Gasteiger partial charge on any atom is 0.287 e. The zero-order chi connectivity index (χ0) is 12.5. The van der Waals surface area contributed by atoms with Gasteiger partial charge in [0.05, 0.1) is 0 Å². The van der Waals surface area contributed by atoms with Crippen molar-refractivity contribution in [3.05, 3.63) is 36.1 Å². The van der Waals surface area contributed by atoms with E-state index in [0.717, 1.165) is 5.39 Å². The molecule has 0 fully saturated rings. The van der Waals surface area contributed by atoms with Crippen LogP contribution in [0.5, 0.6) is 0 Å². The van der Waals surface area contributed by atoms with E-state index in [1.165, 1.54) is 0 Å². The van der Waals surface area contributed by atoms with E-state index >= 15 is 0 Å². The first-order chi connectivity index (χ1) is 7.96. The lowest BCUT2D eigenvalue weighted by Crippen LogP contribution is -2.45. The average Bonchev–Trinajstić information content (AvgIpc) is 2.68. The van der Waals surface area contributed by atoms with Crippen LogP contribution in [0.2, 0.25) is 0 Å². The van der Waals surface area contributed by atoms with Crippen LogP contribution in [0.1, 0.15) is 24.4 Å². The number of furan rings is 1. The molecule has 0 unspecified atom stereocenters. The third-order valence-corrected chi connectivity index (χ3v) is 2.35. The van der Waals surface area contributed by atoms with Crippen LogP contribution in [0.3, 0.4) is 0 Å². The lowest BCUT2D eigenvalue weighted by atomic mass is 10.1. The highest BCUT2D eigenvalue weighted by Crippen LogP contribution is 2.18. The Hall–Kier alpha value is -1.52. The van der Waals surface area contributed by atoms with Gasteiger partial charge in [-0.25, -0.2) is 0 Å². The summed E-state index contributed by atoms with van der Waals surface area (Å²) >= 11 is 0. The largest absolute Gasteiger partial charge is 0.451 e. The van der Waals surface area contributed by atoms with Crippen LogP contribution in [-0.2, 0) is 0 Å². The molecule has 1 aromatic carbocycles. The molecule has 0 saturated carbocycles. The van der Waals surface area contributed by atoms with Gasteiger partial charge < -0.3 is 15.5 Å². The van der Waals surface area contributed by atoms with Crippen LogP contribution in [0.15, 0.2) is 34.7 Å². The Bertz CT molecular complexity index is 510. The molecule has 0 spiro atoms. The summed E-state index contributed by atoms with van der Waals surface area (Å²) in [6, 6.07) is 9.24. The highest BCUT2D eigenvalue weighted by molar-refractivity contribution is 5.96. The number of benzene rings is 1. The highest BCUT2D eigenvalue weighted by atomic mass is 35.5. The number of hydrogen-bond donors (Lipinski definition) is 2.